The SMILES string of the molecule is CCN(CC)c1ccc(N=Cc2c(O)[nH]c3ccc(OC)cc23)c(C)c1. The first-order valence-corrected chi connectivity index (χ1v) is 8.85. The van der Waals surface area contributed by atoms with E-state index in [0.29, 0.717) is 5.56 Å². The van der Waals surface area contributed by atoms with Crippen LogP contribution in [0.4, 0.5) is 11.4 Å². The number of hydrogen-bond donors (Lipinski definition) is 2. The van der Waals surface area contributed by atoms with Crippen LogP contribution in [-0.4, -0.2) is 36.5 Å². The highest BCUT2D eigenvalue weighted by molar-refractivity contribution is 6.03. The van der Waals surface area contributed by atoms with Crippen molar-refractivity contribution >= 4 is 28.5 Å². The lowest BCUT2D eigenvalue weighted by molar-refractivity contribution is 0.415. The molecule has 0 radical (unpaired) electrons. The number of ether oxygens (including phenoxy) is 1. The van der Waals surface area contributed by atoms with Crippen LogP contribution in [0.5, 0.6) is 11.6 Å². The predicted octanol–water partition coefficient (Wildman–Crippen LogP) is 4.79. The van der Waals surface area contributed by atoms with Crippen molar-refractivity contribution in [1.29, 1.82) is 0 Å². The van der Waals surface area contributed by atoms with Gasteiger partial charge in [0, 0.05) is 35.9 Å². The van der Waals surface area contributed by atoms with E-state index in [1.165, 1.54) is 5.69 Å². The van der Waals surface area contributed by atoms with Gasteiger partial charge in [0.1, 0.15) is 5.75 Å². The molecule has 0 aliphatic heterocycles. The van der Waals surface area contributed by atoms with E-state index in [0.717, 1.165) is 41.0 Å². The Hall–Kier alpha value is -2.95. The molecule has 3 aromatic rings. The molecule has 3 rings (SSSR count). The summed E-state index contributed by atoms with van der Waals surface area (Å²) in [6.45, 7) is 8.31. The highest BCUT2D eigenvalue weighted by Crippen LogP contribution is 2.30. The molecule has 5 nitrogen and oxygen atoms in total. The summed E-state index contributed by atoms with van der Waals surface area (Å²) < 4.78 is 5.28. The standard InChI is InChI=1S/C21H25N3O2/c1-5-24(6-2)15-7-9-19(14(3)11-15)22-13-18-17-12-16(26-4)8-10-20(17)23-21(18)25/h7-13,23,25H,5-6H2,1-4H3. The van der Waals surface area contributed by atoms with Crippen molar-refractivity contribution in [2.24, 2.45) is 4.99 Å². The first-order chi connectivity index (χ1) is 12.6. The number of hydrogen-bond acceptors (Lipinski definition) is 4. The van der Waals surface area contributed by atoms with Crippen molar-refractivity contribution < 1.29 is 9.84 Å². The van der Waals surface area contributed by atoms with Crippen LogP contribution in [0.15, 0.2) is 41.4 Å². The molecule has 26 heavy (non-hydrogen) atoms. The molecular formula is C21H25N3O2. The Kier molecular flexibility index (Phi) is 5.16. The minimum Gasteiger partial charge on any atom is -0.497 e. The van der Waals surface area contributed by atoms with Crippen LogP contribution in [0.2, 0.25) is 0 Å². The molecule has 0 spiro atoms. The number of aliphatic imine (C=N–C) groups is 1. The Bertz CT molecular complexity index is 940. The van der Waals surface area contributed by atoms with Gasteiger partial charge in [0.25, 0.3) is 0 Å². The van der Waals surface area contributed by atoms with E-state index in [-0.39, 0.29) is 5.88 Å². The molecular weight excluding hydrogens is 326 g/mol. The highest BCUT2D eigenvalue weighted by Gasteiger charge is 2.10. The third kappa shape index (κ3) is 3.38. The smallest absolute Gasteiger partial charge is 0.198 e. The monoisotopic (exact) mass is 351 g/mol. The van der Waals surface area contributed by atoms with Crippen LogP contribution in [0, 0.1) is 6.92 Å². The molecule has 0 fully saturated rings. The van der Waals surface area contributed by atoms with Crippen molar-refractivity contribution in [2.75, 3.05) is 25.1 Å². The largest absolute Gasteiger partial charge is 0.497 e. The van der Waals surface area contributed by atoms with Gasteiger partial charge in [0.05, 0.1) is 18.4 Å². The molecule has 1 aromatic heterocycles. The number of H-pyrrole nitrogens is 1. The molecule has 0 bridgehead atoms. The summed E-state index contributed by atoms with van der Waals surface area (Å²) in [7, 11) is 1.63. The van der Waals surface area contributed by atoms with Gasteiger partial charge in [-0.15, -0.1) is 0 Å². The van der Waals surface area contributed by atoms with Crippen LogP contribution < -0.4 is 9.64 Å². The van der Waals surface area contributed by atoms with Gasteiger partial charge in [-0.05, 0) is 62.7 Å². The fourth-order valence-corrected chi connectivity index (χ4v) is 3.14. The van der Waals surface area contributed by atoms with Gasteiger partial charge >= 0.3 is 0 Å². The van der Waals surface area contributed by atoms with Crippen molar-refractivity contribution in [1.82, 2.24) is 4.98 Å². The van der Waals surface area contributed by atoms with E-state index >= 15 is 0 Å². The highest BCUT2D eigenvalue weighted by atomic mass is 16.5. The third-order valence-corrected chi connectivity index (χ3v) is 4.67. The quantitative estimate of drug-likeness (QED) is 0.628. The number of fused-ring (bicyclic) bond motifs is 1. The maximum absolute atomic E-state index is 10.2. The first kappa shape index (κ1) is 17.9. The number of methoxy groups -OCH3 is 1. The Morgan fingerprint density at radius 3 is 2.58 bits per heavy atom. The van der Waals surface area contributed by atoms with Gasteiger partial charge in [-0.2, -0.15) is 0 Å². The minimum absolute atomic E-state index is 0.106. The van der Waals surface area contributed by atoms with Gasteiger partial charge < -0.3 is 19.7 Å². The number of nitrogens with one attached hydrogen (secondary N) is 1. The van der Waals surface area contributed by atoms with E-state index in [1.54, 1.807) is 13.3 Å². The molecule has 0 aliphatic carbocycles. The summed E-state index contributed by atoms with van der Waals surface area (Å²) >= 11 is 0. The molecule has 0 saturated heterocycles. The molecule has 0 aliphatic rings. The fourth-order valence-electron chi connectivity index (χ4n) is 3.14. The van der Waals surface area contributed by atoms with E-state index in [9.17, 15) is 5.11 Å². The van der Waals surface area contributed by atoms with Gasteiger partial charge in [-0.3, -0.25) is 4.99 Å². The normalized spacial score (nSPS) is 11.4. The number of nitrogens with zero attached hydrogens (tertiary/aromatic N) is 2. The van der Waals surface area contributed by atoms with Crippen LogP contribution in [0.3, 0.4) is 0 Å². The summed E-state index contributed by atoms with van der Waals surface area (Å²) in [5.74, 6) is 0.848. The van der Waals surface area contributed by atoms with Crippen molar-refractivity contribution in [3.63, 3.8) is 0 Å². The first-order valence-electron chi connectivity index (χ1n) is 8.85. The van der Waals surface area contributed by atoms with Crippen molar-refractivity contribution in [2.45, 2.75) is 20.8 Å². The lowest BCUT2D eigenvalue weighted by Gasteiger charge is -2.21. The van der Waals surface area contributed by atoms with Gasteiger partial charge in [0.2, 0.25) is 0 Å². The summed E-state index contributed by atoms with van der Waals surface area (Å²) in [6.07, 6.45) is 1.70. The molecule has 2 aromatic carbocycles. The molecule has 0 unspecified atom stereocenters. The lowest BCUT2D eigenvalue weighted by atomic mass is 10.1. The number of aromatic nitrogens is 1. The van der Waals surface area contributed by atoms with E-state index in [2.05, 4.69) is 47.8 Å². The molecule has 2 N–H and O–H groups in total. The van der Waals surface area contributed by atoms with Gasteiger partial charge in [-0.25, -0.2) is 0 Å². The van der Waals surface area contributed by atoms with E-state index in [1.807, 2.05) is 24.3 Å². The second-order valence-electron chi connectivity index (χ2n) is 6.20. The van der Waals surface area contributed by atoms with Crippen LogP contribution in [0.1, 0.15) is 25.0 Å². The average molecular weight is 351 g/mol. The Balaban J connectivity index is 1.95. The summed E-state index contributed by atoms with van der Waals surface area (Å²) in [4.78, 5) is 9.88. The molecule has 0 amide bonds. The molecule has 5 heteroatoms. The Labute approximate surface area is 153 Å². The second-order valence-corrected chi connectivity index (χ2v) is 6.20. The number of rotatable bonds is 6. The van der Waals surface area contributed by atoms with E-state index < -0.39 is 0 Å². The molecule has 0 saturated carbocycles. The van der Waals surface area contributed by atoms with Crippen LogP contribution in [-0.2, 0) is 0 Å². The topological polar surface area (TPSA) is 60.8 Å². The number of anilines is 1. The number of benzene rings is 2. The zero-order chi connectivity index (χ0) is 18.7. The van der Waals surface area contributed by atoms with Gasteiger partial charge in [0.15, 0.2) is 5.88 Å². The third-order valence-electron chi connectivity index (χ3n) is 4.67. The predicted molar refractivity (Wildman–Crippen MR) is 109 cm³/mol. The maximum atomic E-state index is 10.2. The maximum Gasteiger partial charge on any atom is 0.198 e. The van der Waals surface area contributed by atoms with Crippen molar-refractivity contribution in [3.05, 3.63) is 47.5 Å². The molecule has 1 heterocycles. The minimum atomic E-state index is 0.106. The number of aryl methyl sites for hydroxylation is 1. The Morgan fingerprint density at radius 1 is 1.15 bits per heavy atom. The van der Waals surface area contributed by atoms with Crippen molar-refractivity contribution in [3.8, 4) is 11.6 Å². The van der Waals surface area contributed by atoms with E-state index in [4.69, 9.17) is 4.74 Å². The summed E-state index contributed by atoms with van der Waals surface area (Å²) in [5.41, 5.74) is 4.69. The molecule has 136 valence electrons. The van der Waals surface area contributed by atoms with Gasteiger partial charge in [-0.1, -0.05) is 0 Å². The number of aromatic amines is 1. The van der Waals surface area contributed by atoms with Crippen LogP contribution >= 0.6 is 0 Å². The zero-order valence-electron chi connectivity index (χ0n) is 15.7. The zero-order valence-corrected chi connectivity index (χ0v) is 15.7. The second kappa shape index (κ2) is 7.52. The van der Waals surface area contributed by atoms with Crippen LogP contribution in [0.25, 0.3) is 10.9 Å². The lowest BCUT2D eigenvalue weighted by Crippen LogP contribution is -2.21. The average Bonchev–Trinajstić information content (AvgIpc) is 2.96. The summed E-state index contributed by atoms with van der Waals surface area (Å²) in [6, 6.07) is 11.9. The molecule has 0 atom stereocenters. The fraction of sp³-hybridized carbons (Fsp3) is 0.286. The number of aromatic hydroxyl groups is 1. The Morgan fingerprint density at radius 2 is 1.92 bits per heavy atom. The summed E-state index contributed by atoms with van der Waals surface area (Å²) in [5, 5.41) is 11.1.